The lowest BCUT2D eigenvalue weighted by Crippen LogP contribution is -2.14. The summed E-state index contributed by atoms with van der Waals surface area (Å²) in [5.74, 6) is 0.276. The summed E-state index contributed by atoms with van der Waals surface area (Å²) >= 11 is 5.44. The normalized spacial score (nSPS) is 10.9. The molecule has 2 N–H and O–H groups in total. The number of alkyl halides is 1. The lowest BCUT2D eigenvalue weighted by Gasteiger charge is -2.14. The molecule has 0 fully saturated rings. The van der Waals surface area contributed by atoms with Crippen molar-refractivity contribution in [2.24, 2.45) is 0 Å². The van der Waals surface area contributed by atoms with Crippen LogP contribution in [0, 0.1) is 0 Å². The number of hydrogen-bond donors (Lipinski definition) is 2. The van der Waals surface area contributed by atoms with Crippen molar-refractivity contribution in [2.45, 2.75) is 0 Å². The van der Waals surface area contributed by atoms with Gasteiger partial charge in [0.05, 0.1) is 11.9 Å². The fraction of sp³-hybridized carbons (Fsp3) is 0.133. The van der Waals surface area contributed by atoms with E-state index in [-0.39, 0.29) is 11.6 Å². The lowest BCUT2D eigenvalue weighted by atomic mass is 10.2. The molecule has 0 saturated carbocycles. The number of sulfonamides is 1. The molecule has 0 aliphatic heterocycles. The van der Waals surface area contributed by atoms with Crippen molar-refractivity contribution in [3.63, 3.8) is 0 Å². The van der Waals surface area contributed by atoms with Gasteiger partial charge in [0.25, 0.3) is 0 Å². The number of hydrogen-bond acceptors (Lipinski definition) is 4. The lowest BCUT2D eigenvalue weighted by molar-refractivity contribution is -0.113. The minimum atomic E-state index is -3.51. The molecule has 0 aromatic heterocycles. The Morgan fingerprint density at radius 1 is 1.17 bits per heavy atom. The highest BCUT2D eigenvalue weighted by Crippen LogP contribution is 2.32. The van der Waals surface area contributed by atoms with E-state index in [1.54, 1.807) is 36.4 Å². The van der Waals surface area contributed by atoms with Crippen molar-refractivity contribution in [3.05, 3.63) is 48.5 Å². The van der Waals surface area contributed by atoms with Gasteiger partial charge in [-0.3, -0.25) is 9.52 Å². The molecule has 0 unspecified atom stereocenters. The van der Waals surface area contributed by atoms with Crippen molar-refractivity contribution in [1.29, 1.82) is 0 Å². The second-order valence-corrected chi connectivity index (χ2v) is 6.70. The molecule has 8 heteroatoms. The van der Waals surface area contributed by atoms with Crippen LogP contribution in [-0.2, 0) is 14.8 Å². The molecule has 2 aromatic rings. The highest BCUT2D eigenvalue weighted by Gasteiger charge is 2.12. The first kappa shape index (κ1) is 17.1. The fourth-order valence-electron chi connectivity index (χ4n) is 1.79. The molecule has 2 rings (SSSR count). The number of rotatable bonds is 6. The molecule has 1 amide bonds. The molecule has 0 aliphatic carbocycles. The van der Waals surface area contributed by atoms with Crippen LogP contribution < -0.4 is 14.8 Å². The molecular formula is C15H15ClN2O4S. The van der Waals surface area contributed by atoms with E-state index in [9.17, 15) is 13.2 Å². The van der Waals surface area contributed by atoms with Crippen LogP contribution in [0.15, 0.2) is 48.5 Å². The Balaban J connectivity index is 2.34. The van der Waals surface area contributed by atoms with Gasteiger partial charge in [-0.05, 0) is 30.3 Å². The number of carbonyl (C=O) groups is 1. The topological polar surface area (TPSA) is 84.5 Å². The predicted molar refractivity (Wildman–Crippen MR) is 90.8 cm³/mol. The van der Waals surface area contributed by atoms with Crippen molar-refractivity contribution in [3.8, 4) is 11.5 Å². The number of amides is 1. The third-order valence-corrected chi connectivity index (χ3v) is 3.48. The number of nitrogens with one attached hydrogen (secondary N) is 2. The zero-order chi connectivity index (χ0) is 16.9. The molecule has 122 valence electrons. The summed E-state index contributed by atoms with van der Waals surface area (Å²) in [5.41, 5.74) is 0.617. The average molecular weight is 355 g/mol. The predicted octanol–water partition coefficient (Wildman–Crippen LogP) is 3.03. The summed E-state index contributed by atoms with van der Waals surface area (Å²) in [6.45, 7) is 0. The van der Waals surface area contributed by atoms with E-state index in [0.29, 0.717) is 17.2 Å². The van der Waals surface area contributed by atoms with Gasteiger partial charge in [0, 0.05) is 5.69 Å². The number of halogens is 1. The smallest absolute Gasteiger partial charge is 0.239 e. The van der Waals surface area contributed by atoms with Crippen LogP contribution in [0.2, 0.25) is 0 Å². The maximum absolute atomic E-state index is 11.5. The minimum Gasteiger partial charge on any atom is -0.455 e. The van der Waals surface area contributed by atoms with Gasteiger partial charge in [-0.1, -0.05) is 18.2 Å². The number of carbonyl (C=O) groups excluding carboxylic acids is 1. The molecule has 0 heterocycles. The van der Waals surface area contributed by atoms with E-state index in [1.165, 1.54) is 6.07 Å². The van der Waals surface area contributed by atoms with Crippen LogP contribution in [0.1, 0.15) is 0 Å². The Hall–Kier alpha value is -2.25. The Bertz CT molecular complexity index is 794. The van der Waals surface area contributed by atoms with Crippen LogP contribution in [-0.4, -0.2) is 26.5 Å². The Labute approximate surface area is 139 Å². The number of para-hydroxylation sites is 1. The highest BCUT2D eigenvalue weighted by atomic mass is 35.5. The zero-order valence-corrected chi connectivity index (χ0v) is 13.8. The maximum atomic E-state index is 11.5. The van der Waals surface area contributed by atoms with Gasteiger partial charge in [-0.2, -0.15) is 0 Å². The van der Waals surface area contributed by atoms with E-state index in [1.807, 2.05) is 6.07 Å². The third kappa shape index (κ3) is 5.46. The van der Waals surface area contributed by atoms with Gasteiger partial charge in [-0.25, -0.2) is 8.42 Å². The largest absolute Gasteiger partial charge is 0.455 e. The Kier molecular flexibility index (Phi) is 5.46. The highest BCUT2D eigenvalue weighted by molar-refractivity contribution is 7.92. The van der Waals surface area contributed by atoms with Crippen molar-refractivity contribution in [1.82, 2.24) is 0 Å². The molecule has 23 heavy (non-hydrogen) atoms. The van der Waals surface area contributed by atoms with E-state index < -0.39 is 15.9 Å². The molecular weight excluding hydrogens is 340 g/mol. The third-order valence-electron chi connectivity index (χ3n) is 2.65. The van der Waals surface area contributed by atoms with Gasteiger partial charge in [0.2, 0.25) is 15.9 Å². The SMILES string of the molecule is CS(=O)(=O)Nc1cc(NC(=O)CCl)ccc1Oc1ccccc1. The van der Waals surface area contributed by atoms with Crippen molar-refractivity contribution < 1.29 is 17.9 Å². The minimum absolute atomic E-state index is 0.197. The standard InChI is InChI=1S/C15H15ClN2O4S/c1-23(20,21)18-13-9-11(17-15(19)10-16)7-8-14(13)22-12-5-3-2-4-6-12/h2-9,18H,10H2,1H3,(H,17,19). The van der Waals surface area contributed by atoms with E-state index in [4.69, 9.17) is 16.3 Å². The summed E-state index contributed by atoms with van der Waals surface area (Å²) in [7, 11) is -3.51. The van der Waals surface area contributed by atoms with Crippen LogP contribution >= 0.6 is 11.6 Å². The van der Waals surface area contributed by atoms with Crippen LogP contribution in [0.5, 0.6) is 11.5 Å². The molecule has 6 nitrogen and oxygen atoms in total. The summed E-state index contributed by atoms with van der Waals surface area (Å²) in [6, 6.07) is 13.5. The molecule has 0 atom stereocenters. The first-order valence-corrected chi connectivity index (χ1v) is 9.00. The summed E-state index contributed by atoms with van der Waals surface area (Å²) in [5, 5.41) is 2.55. The molecule has 0 bridgehead atoms. The van der Waals surface area contributed by atoms with E-state index in [0.717, 1.165) is 6.26 Å². The van der Waals surface area contributed by atoms with Gasteiger partial charge >= 0.3 is 0 Å². The van der Waals surface area contributed by atoms with Crippen molar-refractivity contribution >= 4 is 38.9 Å². The van der Waals surface area contributed by atoms with Gasteiger partial charge in [0.15, 0.2) is 5.75 Å². The van der Waals surface area contributed by atoms with Gasteiger partial charge < -0.3 is 10.1 Å². The molecule has 2 aromatic carbocycles. The van der Waals surface area contributed by atoms with Gasteiger partial charge in [-0.15, -0.1) is 11.6 Å². The number of anilines is 2. The average Bonchev–Trinajstić information content (AvgIpc) is 2.49. The maximum Gasteiger partial charge on any atom is 0.239 e. The molecule has 0 radical (unpaired) electrons. The molecule has 0 saturated heterocycles. The van der Waals surface area contributed by atoms with E-state index in [2.05, 4.69) is 10.0 Å². The Morgan fingerprint density at radius 3 is 2.48 bits per heavy atom. The Morgan fingerprint density at radius 2 is 1.87 bits per heavy atom. The number of benzene rings is 2. The summed E-state index contributed by atoms with van der Waals surface area (Å²) < 4.78 is 31.1. The van der Waals surface area contributed by atoms with Crippen LogP contribution in [0.25, 0.3) is 0 Å². The monoisotopic (exact) mass is 354 g/mol. The van der Waals surface area contributed by atoms with Crippen LogP contribution in [0.3, 0.4) is 0 Å². The number of ether oxygens (including phenoxy) is 1. The second kappa shape index (κ2) is 7.34. The first-order chi connectivity index (χ1) is 10.9. The van der Waals surface area contributed by atoms with E-state index >= 15 is 0 Å². The molecule has 0 aliphatic rings. The summed E-state index contributed by atoms with van der Waals surface area (Å²) in [4.78, 5) is 11.3. The quantitative estimate of drug-likeness (QED) is 0.781. The molecule has 0 spiro atoms. The zero-order valence-electron chi connectivity index (χ0n) is 12.2. The summed E-state index contributed by atoms with van der Waals surface area (Å²) in [6.07, 6.45) is 1.03. The second-order valence-electron chi connectivity index (χ2n) is 4.68. The van der Waals surface area contributed by atoms with Gasteiger partial charge in [0.1, 0.15) is 11.6 Å². The van der Waals surface area contributed by atoms with Crippen LogP contribution in [0.4, 0.5) is 11.4 Å². The van der Waals surface area contributed by atoms with Crippen molar-refractivity contribution in [2.75, 3.05) is 22.2 Å². The first-order valence-electron chi connectivity index (χ1n) is 6.58. The fourth-order valence-corrected chi connectivity index (χ4v) is 2.41.